The molecule has 5 heteroatoms. The van der Waals surface area contributed by atoms with Crippen LogP contribution in [0.2, 0.25) is 0 Å². The first-order valence-electron chi connectivity index (χ1n) is 7.85. The van der Waals surface area contributed by atoms with Crippen molar-refractivity contribution in [2.75, 3.05) is 6.61 Å². The molecule has 2 rings (SSSR count). The summed E-state index contributed by atoms with van der Waals surface area (Å²) in [6, 6.07) is 8.05. The molecule has 0 aliphatic heterocycles. The largest absolute Gasteiger partial charge is 0.493 e. The Morgan fingerprint density at radius 1 is 1.23 bits per heavy atom. The number of aliphatic hydroxyl groups is 1. The van der Waals surface area contributed by atoms with Crippen LogP contribution in [-0.4, -0.2) is 26.7 Å². The fourth-order valence-corrected chi connectivity index (χ4v) is 2.53. The van der Waals surface area contributed by atoms with E-state index in [1.54, 1.807) is 0 Å². The van der Waals surface area contributed by atoms with Gasteiger partial charge in [-0.05, 0) is 37.3 Å². The topological polar surface area (TPSA) is 60.2 Å². The van der Waals surface area contributed by atoms with Crippen LogP contribution in [0.1, 0.15) is 49.6 Å². The molecule has 1 N–H and O–H groups in total. The number of aryl methyl sites for hydroxylation is 2. The third-order valence-electron chi connectivity index (χ3n) is 3.66. The van der Waals surface area contributed by atoms with E-state index in [-0.39, 0.29) is 6.61 Å². The van der Waals surface area contributed by atoms with Crippen LogP contribution in [0.15, 0.2) is 24.3 Å². The van der Waals surface area contributed by atoms with E-state index in [9.17, 15) is 5.11 Å². The second-order valence-corrected chi connectivity index (χ2v) is 5.78. The summed E-state index contributed by atoms with van der Waals surface area (Å²) in [5, 5.41) is 17.5. The third-order valence-corrected chi connectivity index (χ3v) is 3.66. The van der Waals surface area contributed by atoms with Gasteiger partial charge in [-0.25, -0.2) is 4.68 Å². The number of aromatic nitrogens is 3. The first-order chi connectivity index (χ1) is 10.6. The molecule has 0 bridgehead atoms. The zero-order chi connectivity index (χ0) is 15.9. The fraction of sp³-hybridized carbons (Fsp3) is 0.529. The summed E-state index contributed by atoms with van der Waals surface area (Å²) in [5.41, 5.74) is 2.88. The maximum Gasteiger partial charge on any atom is 0.122 e. The van der Waals surface area contributed by atoms with Gasteiger partial charge in [0.15, 0.2) is 0 Å². The van der Waals surface area contributed by atoms with Crippen LogP contribution in [0.5, 0.6) is 5.75 Å². The number of aliphatic hydroxyl groups excluding tert-OH is 1. The second-order valence-electron chi connectivity index (χ2n) is 5.78. The maximum atomic E-state index is 9.31. The predicted molar refractivity (Wildman–Crippen MR) is 85.9 cm³/mol. The smallest absolute Gasteiger partial charge is 0.122 e. The minimum Gasteiger partial charge on any atom is -0.493 e. The Morgan fingerprint density at radius 2 is 2.00 bits per heavy atom. The second kappa shape index (κ2) is 7.94. The van der Waals surface area contributed by atoms with E-state index in [0.717, 1.165) is 36.4 Å². The Labute approximate surface area is 131 Å². The van der Waals surface area contributed by atoms with Crippen molar-refractivity contribution < 1.29 is 9.84 Å². The number of hydrogen-bond donors (Lipinski definition) is 1. The van der Waals surface area contributed by atoms with Crippen molar-refractivity contribution in [3.8, 4) is 5.75 Å². The summed E-state index contributed by atoms with van der Waals surface area (Å²) >= 11 is 0. The summed E-state index contributed by atoms with van der Waals surface area (Å²) in [4.78, 5) is 0. The Kier molecular flexibility index (Phi) is 5.95. The van der Waals surface area contributed by atoms with Crippen LogP contribution < -0.4 is 4.74 Å². The Morgan fingerprint density at radius 3 is 2.68 bits per heavy atom. The van der Waals surface area contributed by atoms with Gasteiger partial charge in [0.2, 0.25) is 0 Å². The first kappa shape index (κ1) is 16.5. The highest BCUT2D eigenvalue weighted by Gasteiger charge is 2.14. The zero-order valence-electron chi connectivity index (χ0n) is 13.6. The molecule has 0 atom stereocenters. The molecule has 2 aromatic rings. The van der Waals surface area contributed by atoms with Gasteiger partial charge in [0.1, 0.15) is 11.4 Å². The lowest BCUT2D eigenvalue weighted by Crippen LogP contribution is -2.09. The highest BCUT2D eigenvalue weighted by atomic mass is 16.5. The Balaban J connectivity index is 1.80. The number of nitrogens with zero attached hydrogens (tertiary/aromatic N) is 3. The highest BCUT2D eigenvalue weighted by molar-refractivity contribution is 5.31. The summed E-state index contributed by atoms with van der Waals surface area (Å²) in [6.07, 6.45) is 1.93. The van der Waals surface area contributed by atoms with Gasteiger partial charge in [-0.15, -0.1) is 5.10 Å². The third kappa shape index (κ3) is 4.07. The lowest BCUT2D eigenvalue weighted by atomic mass is 10.1. The summed E-state index contributed by atoms with van der Waals surface area (Å²) in [7, 11) is 0. The van der Waals surface area contributed by atoms with Crippen molar-refractivity contribution in [2.45, 2.75) is 52.7 Å². The van der Waals surface area contributed by atoms with E-state index in [1.165, 1.54) is 0 Å². The molecule has 0 fully saturated rings. The molecule has 0 saturated carbocycles. The van der Waals surface area contributed by atoms with Gasteiger partial charge < -0.3 is 9.84 Å². The Hall–Kier alpha value is -1.88. The molecule has 0 aliphatic rings. The summed E-state index contributed by atoms with van der Waals surface area (Å²) < 4.78 is 7.70. The van der Waals surface area contributed by atoms with Crippen molar-refractivity contribution in [2.24, 2.45) is 0 Å². The molecule has 0 unspecified atom stereocenters. The summed E-state index contributed by atoms with van der Waals surface area (Å²) in [5.74, 6) is 1.26. The van der Waals surface area contributed by atoms with Gasteiger partial charge in [-0.1, -0.05) is 37.3 Å². The normalized spacial score (nSPS) is 11.1. The highest BCUT2D eigenvalue weighted by Crippen LogP contribution is 2.19. The van der Waals surface area contributed by atoms with Crippen LogP contribution in [0.25, 0.3) is 0 Å². The predicted octanol–water partition coefficient (Wildman–Crippen LogP) is 3.06. The average molecular weight is 303 g/mol. The van der Waals surface area contributed by atoms with Crippen LogP contribution in [0, 0.1) is 6.92 Å². The van der Waals surface area contributed by atoms with Gasteiger partial charge >= 0.3 is 0 Å². The van der Waals surface area contributed by atoms with Crippen LogP contribution >= 0.6 is 0 Å². The molecule has 0 aliphatic carbocycles. The zero-order valence-corrected chi connectivity index (χ0v) is 13.6. The van der Waals surface area contributed by atoms with Gasteiger partial charge in [-0.2, -0.15) is 0 Å². The van der Waals surface area contributed by atoms with Crippen molar-refractivity contribution in [1.82, 2.24) is 15.0 Å². The molecule has 1 aromatic heterocycles. The van der Waals surface area contributed by atoms with E-state index in [4.69, 9.17) is 4.74 Å². The van der Waals surface area contributed by atoms with Crippen molar-refractivity contribution in [3.63, 3.8) is 0 Å². The molecule has 0 amide bonds. The number of unbranched alkanes of at least 4 members (excludes halogenated alkanes) is 1. The maximum absolute atomic E-state index is 9.31. The van der Waals surface area contributed by atoms with Gasteiger partial charge in [-0.3, -0.25) is 0 Å². The van der Waals surface area contributed by atoms with Gasteiger partial charge in [0.25, 0.3) is 0 Å². The van der Waals surface area contributed by atoms with Crippen molar-refractivity contribution in [3.05, 3.63) is 41.2 Å². The lowest BCUT2D eigenvalue weighted by Gasteiger charge is -2.11. The van der Waals surface area contributed by atoms with Crippen LogP contribution in [-0.2, 0) is 13.2 Å². The van der Waals surface area contributed by atoms with Crippen molar-refractivity contribution in [1.29, 1.82) is 0 Å². The molecule has 1 heterocycles. The van der Waals surface area contributed by atoms with Crippen LogP contribution in [0.4, 0.5) is 0 Å². The van der Waals surface area contributed by atoms with E-state index < -0.39 is 0 Å². The number of benzene rings is 1. The first-order valence-corrected chi connectivity index (χ1v) is 7.85. The van der Waals surface area contributed by atoms with E-state index in [0.29, 0.717) is 18.2 Å². The molecule has 120 valence electrons. The molecule has 1 aromatic carbocycles. The number of rotatable bonds is 8. The molecule has 22 heavy (non-hydrogen) atoms. The average Bonchev–Trinajstić information content (AvgIpc) is 2.92. The standard InChI is InChI=1S/C17H25N3O2/c1-13(2)17-15(12-21)18-19-20(17)10-6-7-11-22-16-9-5-4-8-14(16)3/h4-5,8-9,13,21H,6-7,10-12H2,1-3H3. The molecule has 0 saturated heterocycles. The molecule has 5 nitrogen and oxygen atoms in total. The molecule has 0 spiro atoms. The quantitative estimate of drug-likeness (QED) is 0.761. The monoisotopic (exact) mass is 303 g/mol. The molecular formula is C17H25N3O2. The van der Waals surface area contributed by atoms with E-state index in [2.05, 4.69) is 37.1 Å². The number of hydrogen-bond acceptors (Lipinski definition) is 4. The Bertz CT molecular complexity index is 593. The molecule has 0 radical (unpaired) electrons. The van der Waals surface area contributed by atoms with Gasteiger partial charge in [0.05, 0.1) is 18.9 Å². The summed E-state index contributed by atoms with van der Waals surface area (Å²) in [6.45, 7) is 7.69. The van der Waals surface area contributed by atoms with Crippen LogP contribution in [0.3, 0.4) is 0 Å². The van der Waals surface area contributed by atoms with Gasteiger partial charge in [0, 0.05) is 6.54 Å². The molecular weight excluding hydrogens is 278 g/mol. The minimum absolute atomic E-state index is 0.0517. The van der Waals surface area contributed by atoms with E-state index >= 15 is 0 Å². The fourth-order valence-electron chi connectivity index (χ4n) is 2.53. The minimum atomic E-state index is -0.0517. The van der Waals surface area contributed by atoms with E-state index in [1.807, 2.05) is 22.9 Å². The van der Waals surface area contributed by atoms with Crippen molar-refractivity contribution >= 4 is 0 Å². The number of para-hydroxylation sites is 1. The lowest BCUT2D eigenvalue weighted by molar-refractivity contribution is 0.274. The SMILES string of the molecule is Cc1ccccc1OCCCCn1nnc(CO)c1C(C)C. The number of ether oxygens (including phenoxy) is 1.